The van der Waals surface area contributed by atoms with Crippen molar-refractivity contribution in [1.82, 2.24) is 4.90 Å². The first-order valence-electron chi connectivity index (χ1n) is 6.84. The SMILES string of the molecule is Cc1cc(OCS)c(C)cc1CCN1CCC(O)C1. The Morgan fingerprint density at radius 1 is 1.37 bits per heavy atom. The second-order valence-corrected chi connectivity index (χ2v) is 5.57. The summed E-state index contributed by atoms with van der Waals surface area (Å²) in [6, 6.07) is 4.31. The van der Waals surface area contributed by atoms with Gasteiger partial charge in [0, 0.05) is 19.6 Å². The maximum Gasteiger partial charge on any atom is 0.131 e. The smallest absolute Gasteiger partial charge is 0.131 e. The van der Waals surface area contributed by atoms with Crippen molar-refractivity contribution in [2.75, 3.05) is 25.6 Å². The maximum atomic E-state index is 9.53. The van der Waals surface area contributed by atoms with E-state index in [-0.39, 0.29) is 6.10 Å². The molecule has 106 valence electrons. The number of ether oxygens (including phenoxy) is 1. The van der Waals surface area contributed by atoms with Gasteiger partial charge in [0.05, 0.1) is 6.10 Å². The lowest BCUT2D eigenvalue weighted by Gasteiger charge is -2.17. The first kappa shape index (κ1) is 14.7. The summed E-state index contributed by atoms with van der Waals surface area (Å²) in [6.07, 6.45) is 1.81. The summed E-state index contributed by atoms with van der Waals surface area (Å²) in [5, 5.41) is 9.53. The molecular weight excluding hydrogens is 258 g/mol. The van der Waals surface area contributed by atoms with Crippen LogP contribution >= 0.6 is 12.6 Å². The van der Waals surface area contributed by atoms with Crippen molar-refractivity contribution in [2.45, 2.75) is 32.8 Å². The molecule has 1 aromatic rings. The molecule has 0 aromatic heterocycles. The molecule has 3 nitrogen and oxygen atoms in total. The van der Waals surface area contributed by atoms with Crippen LogP contribution in [0.4, 0.5) is 0 Å². The molecule has 0 saturated carbocycles. The Labute approximate surface area is 121 Å². The monoisotopic (exact) mass is 281 g/mol. The standard InChI is InChI=1S/C15H23NO2S/c1-11-8-15(18-10-19)12(2)7-13(11)3-5-16-6-4-14(17)9-16/h7-8,14,17,19H,3-6,9-10H2,1-2H3. The Hall–Kier alpha value is -0.710. The molecule has 0 spiro atoms. The summed E-state index contributed by atoms with van der Waals surface area (Å²) >= 11 is 4.10. The summed E-state index contributed by atoms with van der Waals surface area (Å²) in [5.41, 5.74) is 3.80. The van der Waals surface area contributed by atoms with Gasteiger partial charge < -0.3 is 14.7 Å². The fourth-order valence-corrected chi connectivity index (χ4v) is 2.78. The van der Waals surface area contributed by atoms with Crippen LogP contribution in [0.3, 0.4) is 0 Å². The molecule has 0 aliphatic carbocycles. The maximum absolute atomic E-state index is 9.53. The average Bonchev–Trinajstić information content (AvgIpc) is 2.78. The number of β-amino-alcohol motifs (C(OH)–C–C–N with tert-alkyl or cyclic N) is 1. The minimum absolute atomic E-state index is 0.131. The summed E-state index contributed by atoms with van der Waals surface area (Å²) in [6.45, 7) is 7.04. The highest BCUT2D eigenvalue weighted by Gasteiger charge is 2.19. The van der Waals surface area contributed by atoms with Gasteiger partial charge in [-0.2, -0.15) is 0 Å². The van der Waals surface area contributed by atoms with Crippen LogP contribution in [0.5, 0.6) is 5.75 Å². The highest BCUT2D eigenvalue weighted by atomic mass is 32.1. The molecular formula is C15H23NO2S. The predicted molar refractivity (Wildman–Crippen MR) is 81.2 cm³/mol. The molecule has 0 radical (unpaired) electrons. The fourth-order valence-electron chi connectivity index (χ4n) is 2.64. The van der Waals surface area contributed by atoms with Gasteiger partial charge in [-0.15, -0.1) is 12.6 Å². The number of thiol groups is 1. The molecule has 1 aromatic carbocycles. The van der Waals surface area contributed by atoms with Gasteiger partial charge in [-0.3, -0.25) is 0 Å². The summed E-state index contributed by atoms with van der Waals surface area (Å²) in [7, 11) is 0. The highest BCUT2D eigenvalue weighted by Crippen LogP contribution is 2.24. The number of likely N-dealkylation sites (tertiary alicyclic amines) is 1. The summed E-state index contributed by atoms with van der Waals surface area (Å²) < 4.78 is 5.49. The quantitative estimate of drug-likeness (QED) is 0.641. The largest absolute Gasteiger partial charge is 0.483 e. The third kappa shape index (κ3) is 3.88. The molecule has 1 fully saturated rings. The zero-order valence-corrected chi connectivity index (χ0v) is 12.6. The van der Waals surface area contributed by atoms with Crippen LogP contribution in [0.2, 0.25) is 0 Å². The molecule has 0 bridgehead atoms. The number of nitrogens with zero attached hydrogens (tertiary/aromatic N) is 1. The molecule has 1 saturated heterocycles. The summed E-state index contributed by atoms with van der Waals surface area (Å²) in [4.78, 5) is 2.33. The zero-order valence-electron chi connectivity index (χ0n) is 11.7. The van der Waals surface area contributed by atoms with Crippen LogP contribution in [-0.2, 0) is 6.42 Å². The van der Waals surface area contributed by atoms with E-state index in [1.165, 1.54) is 11.1 Å². The first-order valence-corrected chi connectivity index (χ1v) is 7.47. The van der Waals surface area contributed by atoms with Gasteiger partial charge >= 0.3 is 0 Å². The van der Waals surface area contributed by atoms with Crippen LogP contribution < -0.4 is 4.74 Å². The Balaban J connectivity index is 1.98. The molecule has 1 aliphatic rings. The van der Waals surface area contributed by atoms with Gasteiger partial charge in [-0.1, -0.05) is 6.07 Å². The number of hydrogen-bond acceptors (Lipinski definition) is 4. The van der Waals surface area contributed by atoms with Crippen LogP contribution in [-0.4, -0.2) is 41.7 Å². The van der Waals surface area contributed by atoms with Crippen molar-refractivity contribution in [2.24, 2.45) is 0 Å². The Morgan fingerprint density at radius 2 is 2.16 bits per heavy atom. The number of aliphatic hydroxyl groups is 1. The van der Waals surface area contributed by atoms with Crippen LogP contribution in [0.1, 0.15) is 23.1 Å². The van der Waals surface area contributed by atoms with Crippen molar-refractivity contribution in [3.05, 3.63) is 28.8 Å². The fraction of sp³-hybridized carbons (Fsp3) is 0.600. The van der Waals surface area contributed by atoms with E-state index in [2.05, 4.69) is 43.5 Å². The summed E-state index contributed by atoms with van der Waals surface area (Å²) in [5.74, 6) is 1.33. The molecule has 19 heavy (non-hydrogen) atoms. The van der Waals surface area contributed by atoms with Crippen LogP contribution in [0.25, 0.3) is 0 Å². The predicted octanol–water partition coefficient (Wildman–Crippen LogP) is 2.18. The van der Waals surface area contributed by atoms with E-state index in [1.807, 2.05) is 0 Å². The lowest BCUT2D eigenvalue weighted by Crippen LogP contribution is -2.24. The van der Waals surface area contributed by atoms with E-state index in [4.69, 9.17) is 4.74 Å². The van der Waals surface area contributed by atoms with E-state index in [9.17, 15) is 5.11 Å². The highest BCUT2D eigenvalue weighted by molar-refractivity contribution is 7.80. The lowest BCUT2D eigenvalue weighted by molar-refractivity contribution is 0.177. The molecule has 2 rings (SSSR count). The van der Waals surface area contributed by atoms with Crippen LogP contribution in [0.15, 0.2) is 12.1 Å². The number of aryl methyl sites for hydroxylation is 2. The second-order valence-electron chi connectivity index (χ2n) is 5.31. The van der Waals surface area contributed by atoms with Crippen molar-refractivity contribution in [3.8, 4) is 5.75 Å². The Bertz CT molecular complexity index is 436. The lowest BCUT2D eigenvalue weighted by atomic mass is 10.0. The van der Waals surface area contributed by atoms with Crippen molar-refractivity contribution in [1.29, 1.82) is 0 Å². The van der Waals surface area contributed by atoms with Crippen molar-refractivity contribution < 1.29 is 9.84 Å². The Kier molecular flexibility index (Phi) is 5.13. The topological polar surface area (TPSA) is 32.7 Å². The van der Waals surface area contributed by atoms with Crippen molar-refractivity contribution in [3.63, 3.8) is 0 Å². The number of benzene rings is 1. The van der Waals surface area contributed by atoms with E-state index in [1.54, 1.807) is 0 Å². The molecule has 1 aliphatic heterocycles. The molecule has 1 heterocycles. The molecule has 1 atom stereocenters. The number of hydrogen-bond donors (Lipinski definition) is 2. The van der Waals surface area contributed by atoms with Gasteiger partial charge in [-0.05, 0) is 49.4 Å². The molecule has 0 amide bonds. The van der Waals surface area contributed by atoms with Gasteiger partial charge in [0.2, 0.25) is 0 Å². The molecule has 1 unspecified atom stereocenters. The van der Waals surface area contributed by atoms with Gasteiger partial charge in [0.25, 0.3) is 0 Å². The van der Waals surface area contributed by atoms with Crippen LogP contribution in [0, 0.1) is 13.8 Å². The van der Waals surface area contributed by atoms with E-state index < -0.39 is 0 Å². The average molecular weight is 281 g/mol. The van der Waals surface area contributed by atoms with E-state index in [0.29, 0.717) is 5.94 Å². The van der Waals surface area contributed by atoms with Gasteiger partial charge in [-0.25, -0.2) is 0 Å². The van der Waals surface area contributed by atoms with Gasteiger partial charge in [0.1, 0.15) is 11.7 Å². The third-order valence-electron chi connectivity index (χ3n) is 3.80. The number of rotatable bonds is 5. The zero-order chi connectivity index (χ0) is 13.8. The molecule has 1 N–H and O–H groups in total. The van der Waals surface area contributed by atoms with E-state index in [0.717, 1.165) is 43.8 Å². The molecule has 4 heteroatoms. The van der Waals surface area contributed by atoms with Gasteiger partial charge in [0.15, 0.2) is 0 Å². The second kappa shape index (κ2) is 6.64. The number of aliphatic hydroxyl groups excluding tert-OH is 1. The minimum atomic E-state index is -0.131. The van der Waals surface area contributed by atoms with E-state index >= 15 is 0 Å². The normalized spacial score (nSPS) is 19.9. The van der Waals surface area contributed by atoms with Crippen molar-refractivity contribution >= 4 is 12.6 Å². The third-order valence-corrected chi connectivity index (χ3v) is 3.93. The minimum Gasteiger partial charge on any atom is -0.483 e. The first-order chi connectivity index (χ1) is 9.10. The Morgan fingerprint density at radius 3 is 2.79 bits per heavy atom.